The number of aromatic nitrogens is 2. The molecule has 1 aromatic heterocycles. The standard InChI is InChI=1S/C24H21N5O.CH4/c25-12-16-5-3-4-8-19(16)15-9-10-21-20(11-15)22(28-24(26)27-21)23(30)29-13-17-6-1-2-7-18(17)14-29;/h1-11H,12-14,25H2,(H2,26,27,28);1H4. The summed E-state index contributed by atoms with van der Waals surface area (Å²) in [6.07, 6.45) is 0. The first kappa shape index (κ1) is 20.5. The lowest BCUT2D eigenvalue weighted by atomic mass is 9.97. The second-order valence-electron chi connectivity index (χ2n) is 7.45. The predicted octanol–water partition coefficient (Wildman–Crippen LogP) is 4.13. The van der Waals surface area contributed by atoms with Crippen molar-refractivity contribution in [2.75, 3.05) is 5.73 Å². The summed E-state index contributed by atoms with van der Waals surface area (Å²) in [5.74, 6) is -0.0489. The summed E-state index contributed by atoms with van der Waals surface area (Å²) >= 11 is 0. The smallest absolute Gasteiger partial charge is 0.273 e. The molecule has 1 amide bonds. The summed E-state index contributed by atoms with van der Waals surface area (Å²) in [6.45, 7) is 1.57. The second-order valence-corrected chi connectivity index (χ2v) is 7.45. The Bertz CT molecular complexity index is 1260. The average molecular weight is 412 g/mol. The molecule has 5 rings (SSSR count). The molecule has 1 aliphatic rings. The van der Waals surface area contributed by atoms with Gasteiger partial charge in [-0.25, -0.2) is 9.97 Å². The maximum absolute atomic E-state index is 13.4. The number of fused-ring (bicyclic) bond motifs is 2. The summed E-state index contributed by atoms with van der Waals surface area (Å²) < 4.78 is 0. The van der Waals surface area contributed by atoms with E-state index in [4.69, 9.17) is 11.5 Å². The third kappa shape index (κ3) is 3.62. The predicted molar refractivity (Wildman–Crippen MR) is 124 cm³/mol. The van der Waals surface area contributed by atoms with Gasteiger partial charge in [-0.2, -0.15) is 0 Å². The lowest BCUT2D eigenvalue weighted by Crippen LogP contribution is -2.27. The zero-order valence-electron chi connectivity index (χ0n) is 16.4. The highest BCUT2D eigenvalue weighted by molar-refractivity contribution is 6.05. The van der Waals surface area contributed by atoms with E-state index >= 15 is 0 Å². The quantitative estimate of drug-likeness (QED) is 0.528. The molecule has 4 N–H and O–H groups in total. The molecule has 4 aromatic rings. The van der Waals surface area contributed by atoms with Crippen molar-refractivity contribution in [1.29, 1.82) is 0 Å². The van der Waals surface area contributed by atoms with Gasteiger partial charge in [0.1, 0.15) is 5.69 Å². The van der Waals surface area contributed by atoms with Crippen LogP contribution < -0.4 is 11.5 Å². The van der Waals surface area contributed by atoms with Crippen molar-refractivity contribution in [3.8, 4) is 11.1 Å². The molecule has 0 fully saturated rings. The fourth-order valence-electron chi connectivity index (χ4n) is 4.08. The Morgan fingerprint density at radius 1 is 0.935 bits per heavy atom. The van der Waals surface area contributed by atoms with Gasteiger partial charge < -0.3 is 16.4 Å². The Labute approximate surface area is 181 Å². The molecule has 31 heavy (non-hydrogen) atoms. The van der Waals surface area contributed by atoms with E-state index in [0.29, 0.717) is 36.2 Å². The molecule has 0 bridgehead atoms. The minimum atomic E-state index is -0.144. The van der Waals surface area contributed by atoms with Crippen molar-refractivity contribution in [2.45, 2.75) is 27.1 Å². The van der Waals surface area contributed by atoms with E-state index in [-0.39, 0.29) is 19.3 Å². The fraction of sp³-hybridized carbons (Fsp3) is 0.160. The van der Waals surface area contributed by atoms with Gasteiger partial charge in [-0.3, -0.25) is 4.79 Å². The lowest BCUT2D eigenvalue weighted by Gasteiger charge is -2.17. The first-order valence-corrected chi connectivity index (χ1v) is 9.85. The molecule has 6 nitrogen and oxygen atoms in total. The molecule has 6 heteroatoms. The van der Waals surface area contributed by atoms with Crippen molar-refractivity contribution in [1.82, 2.24) is 14.9 Å². The van der Waals surface area contributed by atoms with Gasteiger partial charge in [0.25, 0.3) is 5.91 Å². The van der Waals surface area contributed by atoms with Gasteiger partial charge in [0.05, 0.1) is 5.52 Å². The summed E-state index contributed by atoms with van der Waals surface area (Å²) in [6, 6.07) is 21.9. The van der Waals surface area contributed by atoms with E-state index in [1.165, 1.54) is 0 Å². The number of carbonyl (C=O) groups is 1. The monoisotopic (exact) mass is 411 g/mol. The molecule has 2 heterocycles. The number of anilines is 1. The summed E-state index contributed by atoms with van der Waals surface area (Å²) in [4.78, 5) is 23.9. The van der Waals surface area contributed by atoms with Crippen LogP contribution in [0, 0.1) is 0 Å². The number of nitrogen functional groups attached to an aromatic ring is 1. The average Bonchev–Trinajstić information content (AvgIpc) is 3.22. The largest absolute Gasteiger partial charge is 0.368 e. The van der Waals surface area contributed by atoms with E-state index in [0.717, 1.165) is 27.8 Å². The number of rotatable bonds is 3. The number of hydrogen-bond donors (Lipinski definition) is 2. The molecule has 156 valence electrons. The minimum absolute atomic E-state index is 0. The summed E-state index contributed by atoms with van der Waals surface area (Å²) in [5.41, 5.74) is 18.2. The van der Waals surface area contributed by atoms with Crippen LogP contribution in [0.25, 0.3) is 22.0 Å². The van der Waals surface area contributed by atoms with E-state index in [1.807, 2.05) is 54.6 Å². The Morgan fingerprint density at radius 3 is 2.32 bits per heavy atom. The van der Waals surface area contributed by atoms with Crippen LogP contribution in [0.3, 0.4) is 0 Å². The Hall–Kier alpha value is -3.77. The Morgan fingerprint density at radius 2 is 1.61 bits per heavy atom. The van der Waals surface area contributed by atoms with E-state index in [1.54, 1.807) is 4.90 Å². The molecule has 0 unspecified atom stereocenters. The van der Waals surface area contributed by atoms with Gasteiger partial charge in [0.2, 0.25) is 5.95 Å². The van der Waals surface area contributed by atoms with Gasteiger partial charge in [0, 0.05) is 25.0 Å². The van der Waals surface area contributed by atoms with Gasteiger partial charge in [-0.15, -0.1) is 0 Å². The van der Waals surface area contributed by atoms with Crippen LogP contribution in [0.2, 0.25) is 0 Å². The molecule has 0 saturated heterocycles. The summed E-state index contributed by atoms with van der Waals surface area (Å²) in [5, 5.41) is 0.689. The Kier molecular flexibility index (Phi) is 5.40. The molecule has 1 aliphatic heterocycles. The highest BCUT2D eigenvalue weighted by Crippen LogP contribution is 2.30. The van der Waals surface area contributed by atoms with Crippen LogP contribution in [0.4, 0.5) is 5.95 Å². The number of hydrogen-bond acceptors (Lipinski definition) is 5. The molecule has 0 aliphatic carbocycles. The Balaban J connectivity index is 0.00000231. The number of amides is 1. The van der Waals surface area contributed by atoms with Crippen LogP contribution >= 0.6 is 0 Å². The zero-order chi connectivity index (χ0) is 20.7. The summed E-state index contributed by atoms with van der Waals surface area (Å²) in [7, 11) is 0. The van der Waals surface area contributed by atoms with E-state index in [9.17, 15) is 4.79 Å². The number of benzene rings is 3. The normalized spacial score (nSPS) is 12.5. The van der Waals surface area contributed by atoms with Gasteiger partial charge in [-0.05, 0) is 39.9 Å². The van der Waals surface area contributed by atoms with Crippen molar-refractivity contribution in [2.24, 2.45) is 5.73 Å². The molecule has 0 atom stereocenters. The van der Waals surface area contributed by atoms with Gasteiger partial charge in [0.15, 0.2) is 0 Å². The van der Waals surface area contributed by atoms with Crippen LogP contribution in [0.5, 0.6) is 0 Å². The third-order valence-electron chi connectivity index (χ3n) is 5.59. The third-order valence-corrected chi connectivity index (χ3v) is 5.59. The number of nitrogens with two attached hydrogens (primary N) is 2. The minimum Gasteiger partial charge on any atom is -0.368 e. The maximum atomic E-state index is 13.4. The van der Waals surface area contributed by atoms with Crippen LogP contribution in [0.15, 0.2) is 66.7 Å². The first-order chi connectivity index (χ1) is 14.6. The second kappa shape index (κ2) is 8.16. The van der Waals surface area contributed by atoms with Crippen molar-refractivity contribution in [3.05, 3.63) is 89.1 Å². The number of nitrogens with zero attached hydrogens (tertiary/aromatic N) is 3. The van der Waals surface area contributed by atoms with Crippen molar-refractivity contribution >= 4 is 22.8 Å². The molecule has 0 saturated carbocycles. The fourth-order valence-corrected chi connectivity index (χ4v) is 4.08. The SMILES string of the molecule is C.NCc1ccccc1-c1ccc2nc(N)nc(C(=O)N3Cc4ccccc4C3)c2c1. The lowest BCUT2D eigenvalue weighted by molar-refractivity contribution is 0.0747. The molecular weight excluding hydrogens is 386 g/mol. The maximum Gasteiger partial charge on any atom is 0.273 e. The van der Waals surface area contributed by atoms with Gasteiger partial charge >= 0.3 is 0 Å². The van der Waals surface area contributed by atoms with Crippen LogP contribution in [-0.2, 0) is 19.6 Å². The number of carbonyl (C=O) groups excluding carboxylic acids is 1. The van der Waals surface area contributed by atoms with E-state index in [2.05, 4.69) is 22.1 Å². The van der Waals surface area contributed by atoms with Crippen LogP contribution in [-0.4, -0.2) is 20.8 Å². The molecule has 0 radical (unpaired) electrons. The van der Waals surface area contributed by atoms with Crippen molar-refractivity contribution in [3.63, 3.8) is 0 Å². The molecule has 3 aromatic carbocycles. The van der Waals surface area contributed by atoms with E-state index < -0.39 is 0 Å². The van der Waals surface area contributed by atoms with Gasteiger partial charge in [-0.1, -0.05) is 62.0 Å². The zero-order valence-corrected chi connectivity index (χ0v) is 16.4. The molecular formula is C25H25N5O. The van der Waals surface area contributed by atoms with Crippen molar-refractivity contribution < 1.29 is 4.79 Å². The first-order valence-electron chi connectivity index (χ1n) is 9.85. The molecule has 0 spiro atoms. The highest BCUT2D eigenvalue weighted by atomic mass is 16.2. The topological polar surface area (TPSA) is 98.1 Å². The van der Waals surface area contributed by atoms with Crippen LogP contribution in [0.1, 0.15) is 34.6 Å². The highest BCUT2D eigenvalue weighted by Gasteiger charge is 2.27.